The predicted molar refractivity (Wildman–Crippen MR) is 42.6 cm³/mol. The Hall–Kier alpha value is -1.96. The van der Waals surface area contributed by atoms with Crippen LogP contribution >= 0.6 is 0 Å². The van der Waals surface area contributed by atoms with E-state index in [-0.39, 0.29) is 11.4 Å². The van der Waals surface area contributed by atoms with Crippen LogP contribution in [0.2, 0.25) is 0 Å². The van der Waals surface area contributed by atoms with Gasteiger partial charge in [-0.2, -0.15) is 0 Å². The first-order valence-corrected chi connectivity index (χ1v) is 3.25. The average Bonchev–Trinajstić information content (AvgIpc) is 2.05. The molecule has 1 aromatic carbocycles. The Morgan fingerprint density at radius 3 is 2.75 bits per heavy atom. The van der Waals surface area contributed by atoms with Gasteiger partial charge in [-0.05, 0) is 13.0 Å². The summed E-state index contributed by atoms with van der Waals surface area (Å²) in [7, 11) is 0. The number of nitro benzene ring substituents is 1. The molecule has 0 aliphatic heterocycles. The number of nitro groups is 1. The van der Waals surface area contributed by atoms with Crippen LogP contribution in [0, 0.1) is 22.4 Å². The molecule has 0 fully saturated rings. The molecule has 0 heterocycles. The zero-order chi connectivity index (χ0) is 9.14. The fraction of sp³-hybridized carbons (Fsp3) is 0.143. The highest BCUT2D eigenvalue weighted by Crippen LogP contribution is 2.23. The van der Waals surface area contributed by atoms with Gasteiger partial charge in [0.05, 0.1) is 4.92 Å². The van der Waals surface area contributed by atoms with E-state index in [9.17, 15) is 10.1 Å². The fourth-order valence-electron chi connectivity index (χ4n) is 0.857. The number of rotatable bonds is 1. The molecule has 1 aromatic rings. The van der Waals surface area contributed by atoms with Crippen LogP contribution in [0.4, 0.5) is 11.4 Å². The molecule has 60 valence electrons. The highest BCUT2D eigenvalue weighted by molar-refractivity contribution is 5.54. The van der Waals surface area contributed by atoms with E-state index in [0.717, 1.165) is 0 Å². The SMILES string of the molecule is Cc1ccc([N+]#N)cc1[N+](=O)[O-]. The van der Waals surface area contributed by atoms with E-state index in [0.29, 0.717) is 5.56 Å². The van der Waals surface area contributed by atoms with E-state index in [1.165, 1.54) is 18.2 Å². The van der Waals surface area contributed by atoms with Crippen LogP contribution in [0.25, 0.3) is 4.98 Å². The largest absolute Gasteiger partial charge is 0.391 e. The molecule has 0 aromatic heterocycles. The third kappa shape index (κ3) is 1.37. The summed E-state index contributed by atoms with van der Waals surface area (Å²) in [6.45, 7) is 1.62. The van der Waals surface area contributed by atoms with E-state index in [4.69, 9.17) is 5.39 Å². The molecule has 0 unspecified atom stereocenters. The quantitative estimate of drug-likeness (QED) is 0.363. The molecule has 12 heavy (non-hydrogen) atoms. The minimum absolute atomic E-state index is 0.0368. The van der Waals surface area contributed by atoms with E-state index in [1.54, 1.807) is 6.92 Å². The zero-order valence-electron chi connectivity index (χ0n) is 6.39. The summed E-state index contributed by atoms with van der Waals surface area (Å²) in [5.74, 6) is 0. The second-order valence-corrected chi connectivity index (χ2v) is 2.33. The summed E-state index contributed by atoms with van der Waals surface area (Å²) in [6, 6.07) is 4.25. The smallest absolute Gasteiger partial charge is 0.258 e. The van der Waals surface area contributed by atoms with Gasteiger partial charge in [-0.1, -0.05) is 0 Å². The van der Waals surface area contributed by atoms with Crippen LogP contribution in [0.15, 0.2) is 18.2 Å². The van der Waals surface area contributed by atoms with Crippen molar-refractivity contribution in [1.82, 2.24) is 0 Å². The highest BCUT2D eigenvalue weighted by Gasteiger charge is 2.15. The Balaban J connectivity index is 3.28. The molecule has 0 radical (unpaired) electrons. The first-order valence-electron chi connectivity index (χ1n) is 3.25. The first kappa shape index (κ1) is 8.14. The van der Waals surface area contributed by atoms with Crippen LogP contribution in [0.1, 0.15) is 5.56 Å². The van der Waals surface area contributed by atoms with Gasteiger partial charge in [0.15, 0.2) is 4.98 Å². The molecule has 0 aliphatic rings. The molecule has 0 amide bonds. The topological polar surface area (TPSA) is 71.3 Å². The molecule has 1 rings (SSSR count). The number of nitrogens with zero attached hydrogens (tertiary/aromatic N) is 3. The lowest BCUT2D eigenvalue weighted by Crippen LogP contribution is -1.90. The summed E-state index contributed by atoms with van der Waals surface area (Å²) in [6.07, 6.45) is 0. The number of diazo groups is 1. The lowest BCUT2D eigenvalue weighted by Gasteiger charge is -1.91. The molecule has 0 spiro atoms. The van der Waals surface area contributed by atoms with Crippen LogP contribution in [-0.4, -0.2) is 4.92 Å². The van der Waals surface area contributed by atoms with E-state index >= 15 is 0 Å². The molecule has 0 atom stereocenters. The second kappa shape index (κ2) is 2.96. The van der Waals surface area contributed by atoms with Crippen molar-refractivity contribution in [3.8, 4) is 0 Å². The molecule has 0 saturated heterocycles. The van der Waals surface area contributed by atoms with Gasteiger partial charge in [0.1, 0.15) is 6.07 Å². The van der Waals surface area contributed by atoms with Crippen LogP contribution in [0.5, 0.6) is 0 Å². The third-order valence-corrected chi connectivity index (χ3v) is 1.50. The molecule has 5 nitrogen and oxygen atoms in total. The van der Waals surface area contributed by atoms with Crippen molar-refractivity contribution >= 4 is 11.4 Å². The molecule has 0 bridgehead atoms. The summed E-state index contributed by atoms with van der Waals surface area (Å²) in [4.78, 5) is 12.7. The van der Waals surface area contributed by atoms with Crippen molar-refractivity contribution in [3.05, 3.63) is 38.9 Å². The third-order valence-electron chi connectivity index (χ3n) is 1.50. The van der Waals surface area contributed by atoms with Crippen LogP contribution in [0.3, 0.4) is 0 Å². The van der Waals surface area contributed by atoms with Gasteiger partial charge in [-0.15, -0.1) is 0 Å². The second-order valence-electron chi connectivity index (χ2n) is 2.33. The maximum absolute atomic E-state index is 10.4. The Morgan fingerprint density at radius 2 is 2.25 bits per heavy atom. The number of hydrogen-bond donors (Lipinski definition) is 0. The van der Waals surface area contributed by atoms with Gasteiger partial charge in [0.25, 0.3) is 5.69 Å². The van der Waals surface area contributed by atoms with E-state index in [2.05, 4.69) is 4.98 Å². The van der Waals surface area contributed by atoms with Gasteiger partial charge in [0, 0.05) is 11.6 Å². The Morgan fingerprint density at radius 1 is 1.58 bits per heavy atom. The lowest BCUT2D eigenvalue weighted by atomic mass is 10.2. The molecule has 0 aliphatic carbocycles. The first-order chi connectivity index (χ1) is 5.65. The van der Waals surface area contributed by atoms with E-state index in [1.807, 2.05) is 0 Å². The van der Waals surface area contributed by atoms with Gasteiger partial charge in [-0.3, -0.25) is 10.1 Å². The minimum atomic E-state index is -0.510. The predicted octanol–water partition coefficient (Wildman–Crippen LogP) is 2.39. The summed E-state index contributed by atoms with van der Waals surface area (Å²) in [5, 5.41) is 18.7. The van der Waals surface area contributed by atoms with Crippen molar-refractivity contribution in [2.45, 2.75) is 6.92 Å². The molecule has 5 heteroatoms. The van der Waals surface area contributed by atoms with Gasteiger partial charge < -0.3 is 0 Å². The normalized spacial score (nSPS) is 9.00. The van der Waals surface area contributed by atoms with Crippen molar-refractivity contribution in [2.75, 3.05) is 0 Å². The van der Waals surface area contributed by atoms with Crippen molar-refractivity contribution in [1.29, 1.82) is 5.39 Å². The average molecular weight is 164 g/mol. The monoisotopic (exact) mass is 164 g/mol. The Labute approximate surface area is 68.4 Å². The molecule has 0 saturated carbocycles. The summed E-state index contributed by atoms with van der Waals surface area (Å²) < 4.78 is 0. The number of benzene rings is 1. The maximum Gasteiger partial charge on any atom is 0.391 e. The van der Waals surface area contributed by atoms with Crippen molar-refractivity contribution in [3.63, 3.8) is 0 Å². The van der Waals surface area contributed by atoms with E-state index < -0.39 is 4.92 Å². The Bertz CT molecular complexity index is 367. The van der Waals surface area contributed by atoms with Gasteiger partial charge >= 0.3 is 5.69 Å². The lowest BCUT2D eigenvalue weighted by molar-refractivity contribution is -0.385. The molecular formula is C7H6N3O2+. The molecule has 0 N–H and O–H groups in total. The standard InChI is InChI=1S/C7H6N3O2/c1-5-2-3-6(9-8)4-7(5)10(11)12/h2-4H,1H3/q+1. The summed E-state index contributed by atoms with van der Waals surface area (Å²) >= 11 is 0. The number of aryl methyl sites for hydroxylation is 1. The maximum atomic E-state index is 10.4. The van der Waals surface area contributed by atoms with Gasteiger partial charge in [0.2, 0.25) is 5.39 Å². The Kier molecular flexibility index (Phi) is 2.01. The van der Waals surface area contributed by atoms with Crippen molar-refractivity contribution in [2.24, 2.45) is 0 Å². The minimum Gasteiger partial charge on any atom is -0.258 e. The zero-order valence-corrected chi connectivity index (χ0v) is 6.39. The van der Waals surface area contributed by atoms with Gasteiger partial charge in [-0.25, -0.2) is 0 Å². The number of hydrogen-bond acceptors (Lipinski definition) is 3. The summed E-state index contributed by atoms with van der Waals surface area (Å²) in [5.41, 5.74) is 0.699. The van der Waals surface area contributed by atoms with Crippen LogP contribution in [-0.2, 0) is 0 Å². The fourth-order valence-corrected chi connectivity index (χ4v) is 0.857. The van der Waals surface area contributed by atoms with Crippen molar-refractivity contribution < 1.29 is 4.92 Å². The van der Waals surface area contributed by atoms with Crippen LogP contribution < -0.4 is 0 Å². The molecular weight excluding hydrogens is 158 g/mol. The highest BCUT2D eigenvalue weighted by atomic mass is 16.6.